The predicted molar refractivity (Wildman–Crippen MR) is 97.3 cm³/mol. The van der Waals surface area contributed by atoms with Gasteiger partial charge in [-0.2, -0.15) is 0 Å². The summed E-state index contributed by atoms with van der Waals surface area (Å²) in [7, 11) is 1.66. The van der Waals surface area contributed by atoms with Crippen LogP contribution in [-0.4, -0.2) is 32.7 Å². The molecule has 0 aromatic heterocycles. The van der Waals surface area contributed by atoms with E-state index in [4.69, 9.17) is 4.74 Å². The molecular formula is C20H26N2O2. The Morgan fingerprint density at radius 1 is 0.958 bits per heavy atom. The Balaban J connectivity index is 1.55. The molecule has 128 valence electrons. The first kappa shape index (κ1) is 18.0. The number of benzene rings is 2. The van der Waals surface area contributed by atoms with Gasteiger partial charge in [0, 0.05) is 6.54 Å². The maximum atomic E-state index is 11.8. The highest BCUT2D eigenvalue weighted by atomic mass is 16.5. The van der Waals surface area contributed by atoms with Gasteiger partial charge in [0.25, 0.3) is 0 Å². The Morgan fingerprint density at radius 3 is 2.50 bits per heavy atom. The third-order valence-corrected chi connectivity index (χ3v) is 3.86. The summed E-state index contributed by atoms with van der Waals surface area (Å²) in [6, 6.07) is 18.3. The van der Waals surface area contributed by atoms with Gasteiger partial charge in [0.1, 0.15) is 5.75 Å². The van der Waals surface area contributed by atoms with E-state index in [1.54, 1.807) is 7.11 Å². The van der Waals surface area contributed by atoms with Crippen LogP contribution in [0.1, 0.15) is 17.5 Å². The highest BCUT2D eigenvalue weighted by Crippen LogP contribution is 2.17. The van der Waals surface area contributed by atoms with Crippen molar-refractivity contribution in [3.8, 4) is 5.75 Å². The zero-order valence-electron chi connectivity index (χ0n) is 14.3. The van der Waals surface area contributed by atoms with E-state index < -0.39 is 0 Å². The molecule has 2 aromatic carbocycles. The van der Waals surface area contributed by atoms with Crippen molar-refractivity contribution in [3.63, 3.8) is 0 Å². The molecule has 0 aliphatic carbocycles. The lowest BCUT2D eigenvalue weighted by molar-refractivity contribution is -0.120. The van der Waals surface area contributed by atoms with Crippen LogP contribution in [0.4, 0.5) is 0 Å². The molecule has 0 heterocycles. The molecule has 0 atom stereocenters. The van der Waals surface area contributed by atoms with E-state index in [0.29, 0.717) is 13.1 Å². The van der Waals surface area contributed by atoms with Gasteiger partial charge >= 0.3 is 0 Å². The van der Waals surface area contributed by atoms with Crippen LogP contribution in [0.3, 0.4) is 0 Å². The van der Waals surface area contributed by atoms with Crippen molar-refractivity contribution < 1.29 is 9.53 Å². The monoisotopic (exact) mass is 326 g/mol. The summed E-state index contributed by atoms with van der Waals surface area (Å²) < 4.78 is 5.31. The normalized spacial score (nSPS) is 10.4. The second-order valence-electron chi connectivity index (χ2n) is 5.68. The fraction of sp³-hybridized carbons (Fsp3) is 0.350. The lowest BCUT2D eigenvalue weighted by Gasteiger charge is -2.09. The van der Waals surface area contributed by atoms with Gasteiger partial charge in [0.15, 0.2) is 0 Å². The largest absolute Gasteiger partial charge is 0.496 e. The predicted octanol–water partition coefficient (Wildman–Crippen LogP) is 2.58. The lowest BCUT2D eigenvalue weighted by atomic mass is 10.1. The van der Waals surface area contributed by atoms with E-state index in [2.05, 4.69) is 34.9 Å². The molecule has 0 saturated heterocycles. The fourth-order valence-electron chi connectivity index (χ4n) is 2.57. The molecule has 0 saturated carbocycles. The minimum absolute atomic E-state index is 0.0320. The molecule has 0 aliphatic heterocycles. The average Bonchev–Trinajstić information content (AvgIpc) is 2.63. The van der Waals surface area contributed by atoms with Crippen molar-refractivity contribution in [1.82, 2.24) is 10.6 Å². The number of hydrogen-bond donors (Lipinski definition) is 2. The molecule has 24 heavy (non-hydrogen) atoms. The van der Waals surface area contributed by atoms with E-state index in [-0.39, 0.29) is 5.91 Å². The molecule has 0 unspecified atom stereocenters. The second-order valence-corrected chi connectivity index (χ2v) is 5.68. The van der Waals surface area contributed by atoms with E-state index >= 15 is 0 Å². The van der Waals surface area contributed by atoms with Gasteiger partial charge in [-0.1, -0.05) is 48.5 Å². The summed E-state index contributed by atoms with van der Waals surface area (Å²) in [4.78, 5) is 11.8. The summed E-state index contributed by atoms with van der Waals surface area (Å²) in [6.45, 7) is 1.82. The zero-order valence-corrected chi connectivity index (χ0v) is 14.3. The third-order valence-electron chi connectivity index (χ3n) is 3.86. The van der Waals surface area contributed by atoms with Crippen LogP contribution < -0.4 is 15.4 Å². The molecule has 2 N–H and O–H groups in total. The average molecular weight is 326 g/mol. The number of carbonyl (C=O) groups is 1. The van der Waals surface area contributed by atoms with Gasteiger partial charge in [-0.25, -0.2) is 0 Å². The number of nitrogens with one attached hydrogen (secondary N) is 2. The highest BCUT2D eigenvalue weighted by molar-refractivity contribution is 5.77. The molecule has 4 nitrogen and oxygen atoms in total. The SMILES string of the molecule is COc1ccccc1CCNC(=O)CNCCCc1ccccc1. The fourth-order valence-corrected chi connectivity index (χ4v) is 2.57. The molecule has 0 aliphatic rings. The number of ether oxygens (including phenoxy) is 1. The number of rotatable bonds is 10. The van der Waals surface area contributed by atoms with E-state index in [9.17, 15) is 4.79 Å². The zero-order chi connectivity index (χ0) is 17.0. The van der Waals surface area contributed by atoms with Crippen LogP contribution in [0.15, 0.2) is 54.6 Å². The Kier molecular flexibility index (Phi) is 7.84. The van der Waals surface area contributed by atoms with Gasteiger partial charge in [-0.05, 0) is 43.0 Å². The third kappa shape index (κ3) is 6.42. The number of aryl methyl sites for hydroxylation is 1. The van der Waals surface area contributed by atoms with Crippen molar-refractivity contribution in [2.24, 2.45) is 0 Å². The lowest BCUT2D eigenvalue weighted by Crippen LogP contribution is -2.35. The van der Waals surface area contributed by atoms with Crippen molar-refractivity contribution in [3.05, 3.63) is 65.7 Å². The molecule has 2 aromatic rings. The van der Waals surface area contributed by atoms with E-state index in [1.165, 1.54) is 5.56 Å². The van der Waals surface area contributed by atoms with Crippen LogP contribution in [0, 0.1) is 0 Å². The van der Waals surface area contributed by atoms with Crippen molar-refractivity contribution in [2.75, 3.05) is 26.7 Å². The summed E-state index contributed by atoms with van der Waals surface area (Å²) in [5, 5.41) is 6.12. The van der Waals surface area contributed by atoms with Gasteiger partial charge < -0.3 is 15.4 Å². The summed E-state index contributed by atoms with van der Waals surface area (Å²) >= 11 is 0. The number of methoxy groups -OCH3 is 1. The molecular weight excluding hydrogens is 300 g/mol. The van der Waals surface area contributed by atoms with Crippen LogP contribution in [0.25, 0.3) is 0 Å². The molecule has 0 bridgehead atoms. The standard InChI is InChI=1S/C20H26N2O2/c1-24-19-12-6-5-11-18(19)13-15-22-20(23)16-21-14-7-10-17-8-3-2-4-9-17/h2-6,8-9,11-12,21H,7,10,13-16H2,1H3,(H,22,23). The van der Waals surface area contributed by atoms with Gasteiger partial charge in [-0.15, -0.1) is 0 Å². The topological polar surface area (TPSA) is 50.4 Å². The van der Waals surface area contributed by atoms with Crippen LogP contribution >= 0.6 is 0 Å². The summed E-state index contributed by atoms with van der Waals surface area (Å²) in [6.07, 6.45) is 2.82. The Hall–Kier alpha value is -2.33. The minimum atomic E-state index is 0.0320. The maximum absolute atomic E-state index is 11.8. The van der Waals surface area contributed by atoms with E-state index in [0.717, 1.165) is 37.1 Å². The first-order chi connectivity index (χ1) is 11.8. The summed E-state index contributed by atoms with van der Waals surface area (Å²) in [5.41, 5.74) is 2.44. The minimum Gasteiger partial charge on any atom is -0.496 e. The first-order valence-electron chi connectivity index (χ1n) is 8.43. The van der Waals surface area contributed by atoms with Gasteiger partial charge in [0.05, 0.1) is 13.7 Å². The van der Waals surface area contributed by atoms with Gasteiger partial charge in [-0.3, -0.25) is 4.79 Å². The van der Waals surface area contributed by atoms with Gasteiger partial charge in [0.2, 0.25) is 5.91 Å². The van der Waals surface area contributed by atoms with Crippen molar-refractivity contribution in [2.45, 2.75) is 19.3 Å². The van der Waals surface area contributed by atoms with Crippen molar-refractivity contribution in [1.29, 1.82) is 0 Å². The Labute approximate surface area is 144 Å². The quantitative estimate of drug-likeness (QED) is 0.660. The smallest absolute Gasteiger partial charge is 0.233 e. The summed E-state index contributed by atoms with van der Waals surface area (Å²) in [5.74, 6) is 0.899. The van der Waals surface area contributed by atoms with Crippen LogP contribution in [-0.2, 0) is 17.6 Å². The van der Waals surface area contributed by atoms with Crippen LogP contribution in [0.5, 0.6) is 5.75 Å². The number of amides is 1. The first-order valence-corrected chi connectivity index (χ1v) is 8.43. The Bertz CT molecular complexity index is 614. The maximum Gasteiger partial charge on any atom is 0.233 e. The number of hydrogen-bond acceptors (Lipinski definition) is 3. The molecule has 0 radical (unpaired) electrons. The molecule has 2 rings (SSSR count). The van der Waals surface area contributed by atoms with Crippen molar-refractivity contribution >= 4 is 5.91 Å². The van der Waals surface area contributed by atoms with Crippen LogP contribution in [0.2, 0.25) is 0 Å². The Morgan fingerprint density at radius 2 is 1.71 bits per heavy atom. The molecule has 1 amide bonds. The second kappa shape index (κ2) is 10.4. The molecule has 4 heteroatoms. The number of para-hydroxylation sites is 1. The number of carbonyl (C=O) groups excluding carboxylic acids is 1. The highest BCUT2D eigenvalue weighted by Gasteiger charge is 2.03. The molecule has 0 spiro atoms. The van der Waals surface area contributed by atoms with E-state index in [1.807, 2.05) is 30.3 Å². The molecule has 0 fully saturated rings.